The molecule has 0 aliphatic carbocycles. The van der Waals surface area contributed by atoms with Crippen LogP contribution in [0.1, 0.15) is 42.8 Å². The second-order valence-corrected chi connectivity index (χ2v) is 7.31. The van der Waals surface area contributed by atoms with Crippen LogP contribution in [0.25, 0.3) is 11.3 Å². The van der Waals surface area contributed by atoms with Crippen molar-refractivity contribution < 1.29 is 4.79 Å². The molecule has 2 aromatic heterocycles. The van der Waals surface area contributed by atoms with Crippen LogP contribution in [0.2, 0.25) is 0 Å². The number of rotatable bonds is 3. The quantitative estimate of drug-likeness (QED) is 0.782. The van der Waals surface area contributed by atoms with E-state index in [-0.39, 0.29) is 11.3 Å². The Morgan fingerprint density at radius 2 is 1.92 bits per heavy atom. The average Bonchev–Trinajstić information content (AvgIpc) is 2.97. The first-order chi connectivity index (χ1) is 12.2. The van der Waals surface area contributed by atoms with Crippen LogP contribution in [-0.4, -0.2) is 25.7 Å². The van der Waals surface area contributed by atoms with Crippen molar-refractivity contribution in [3.8, 4) is 11.3 Å². The lowest BCUT2D eigenvalue weighted by Gasteiger charge is -2.13. The highest BCUT2D eigenvalue weighted by molar-refractivity contribution is 6.03. The van der Waals surface area contributed by atoms with Crippen LogP contribution in [0.3, 0.4) is 0 Å². The van der Waals surface area contributed by atoms with Crippen molar-refractivity contribution in [3.63, 3.8) is 0 Å². The number of carbonyl (C=O) groups excluding carboxylic acids is 1. The Labute approximate surface area is 153 Å². The first-order valence-corrected chi connectivity index (χ1v) is 8.50. The predicted octanol–water partition coefficient (Wildman–Crippen LogP) is 3.74. The van der Waals surface area contributed by atoms with Crippen LogP contribution < -0.4 is 5.32 Å². The number of hydrogen-bond acceptors (Lipinski definition) is 4. The monoisotopic (exact) mass is 349 g/mol. The zero-order valence-electron chi connectivity index (χ0n) is 15.7. The molecule has 0 fully saturated rings. The third-order valence-electron chi connectivity index (χ3n) is 4.07. The van der Waals surface area contributed by atoms with E-state index in [1.165, 1.54) is 0 Å². The first kappa shape index (κ1) is 17.8. The van der Waals surface area contributed by atoms with Gasteiger partial charge in [-0.2, -0.15) is 5.10 Å². The fourth-order valence-electron chi connectivity index (χ4n) is 2.61. The summed E-state index contributed by atoms with van der Waals surface area (Å²) < 4.78 is 1.62. The number of amides is 1. The number of aryl methyl sites for hydroxylation is 2. The van der Waals surface area contributed by atoms with E-state index in [1.807, 2.05) is 43.3 Å². The number of aromatic nitrogens is 4. The van der Waals surface area contributed by atoms with Crippen molar-refractivity contribution in [2.45, 2.75) is 33.1 Å². The lowest BCUT2D eigenvalue weighted by atomic mass is 9.92. The molecule has 2 heterocycles. The summed E-state index contributed by atoms with van der Waals surface area (Å²) in [7, 11) is 1.78. The second kappa shape index (κ2) is 6.71. The summed E-state index contributed by atoms with van der Waals surface area (Å²) in [6.07, 6.45) is 1.73. The highest BCUT2D eigenvalue weighted by Crippen LogP contribution is 2.23. The van der Waals surface area contributed by atoms with Crippen molar-refractivity contribution in [1.29, 1.82) is 0 Å². The van der Waals surface area contributed by atoms with Gasteiger partial charge in [-0.1, -0.05) is 32.9 Å². The van der Waals surface area contributed by atoms with Crippen LogP contribution >= 0.6 is 0 Å². The van der Waals surface area contributed by atoms with Crippen molar-refractivity contribution >= 4 is 11.6 Å². The van der Waals surface area contributed by atoms with Gasteiger partial charge in [0.15, 0.2) is 0 Å². The fraction of sp³-hybridized carbons (Fsp3) is 0.300. The number of carbonyl (C=O) groups is 1. The van der Waals surface area contributed by atoms with Crippen LogP contribution in [0.5, 0.6) is 0 Å². The summed E-state index contributed by atoms with van der Waals surface area (Å²) in [6.45, 7) is 8.07. The van der Waals surface area contributed by atoms with E-state index in [0.717, 1.165) is 17.0 Å². The second-order valence-electron chi connectivity index (χ2n) is 7.31. The zero-order chi connectivity index (χ0) is 18.9. The Hall–Kier alpha value is -3.02. The Bertz CT molecular complexity index is 953. The van der Waals surface area contributed by atoms with E-state index in [1.54, 1.807) is 17.9 Å². The van der Waals surface area contributed by atoms with Gasteiger partial charge in [0.2, 0.25) is 0 Å². The minimum atomic E-state index is -0.188. The van der Waals surface area contributed by atoms with Gasteiger partial charge in [-0.15, -0.1) is 0 Å². The van der Waals surface area contributed by atoms with Gasteiger partial charge in [-0.25, -0.2) is 9.97 Å². The van der Waals surface area contributed by atoms with Gasteiger partial charge < -0.3 is 5.32 Å². The summed E-state index contributed by atoms with van der Waals surface area (Å²) in [6, 6.07) is 11.3. The van der Waals surface area contributed by atoms with Gasteiger partial charge in [0.05, 0.1) is 11.4 Å². The maximum atomic E-state index is 12.7. The SMILES string of the molecule is Cc1nccc(-c2cccc(NC(=O)c3cc(C(C)(C)C)nn3C)c2)n1. The maximum absolute atomic E-state index is 12.7. The fourth-order valence-corrected chi connectivity index (χ4v) is 2.61. The standard InChI is InChI=1S/C20H23N5O/c1-13-21-10-9-16(22-13)14-7-6-8-15(11-14)23-19(26)17-12-18(20(2,3)4)24-25(17)5/h6-12H,1-5H3,(H,23,26). The molecule has 0 aliphatic heterocycles. The number of nitrogens with zero attached hydrogens (tertiary/aromatic N) is 4. The maximum Gasteiger partial charge on any atom is 0.273 e. The molecular weight excluding hydrogens is 326 g/mol. The molecule has 0 radical (unpaired) electrons. The summed E-state index contributed by atoms with van der Waals surface area (Å²) in [5, 5.41) is 7.40. The van der Waals surface area contributed by atoms with Gasteiger partial charge in [-0.3, -0.25) is 9.48 Å². The van der Waals surface area contributed by atoms with Crippen molar-refractivity contribution in [3.05, 3.63) is 59.8 Å². The van der Waals surface area contributed by atoms with Gasteiger partial charge in [-0.05, 0) is 31.2 Å². The molecule has 0 atom stereocenters. The average molecular weight is 349 g/mol. The van der Waals surface area contributed by atoms with Crippen molar-refractivity contribution in [1.82, 2.24) is 19.7 Å². The minimum absolute atomic E-state index is 0.110. The molecular formula is C20H23N5O. The van der Waals surface area contributed by atoms with Crippen LogP contribution in [0.15, 0.2) is 42.6 Å². The lowest BCUT2D eigenvalue weighted by molar-refractivity contribution is 0.101. The van der Waals surface area contributed by atoms with Crippen LogP contribution in [-0.2, 0) is 12.5 Å². The molecule has 134 valence electrons. The van der Waals surface area contributed by atoms with Gasteiger partial charge in [0.1, 0.15) is 11.5 Å². The van der Waals surface area contributed by atoms with Gasteiger partial charge in [0.25, 0.3) is 5.91 Å². The molecule has 0 saturated carbocycles. The highest BCUT2D eigenvalue weighted by Gasteiger charge is 2.21. The van der Waals surface area contributed by atoms with Crippen LogP contribution in [0, 0.1) is 6.92 Å². The molecule has 0 unspecified atom stereocenters. The molecule has 6 heteroatoms. The van der Waals surface area contributed by atoms with Gasteiger partial charge >= 0.3 is 0 Å². The molecule has 6 nitrogen and oxygen atoms in total. The predicted molar refractivity (Wildman–Crippen MR) is 102 cm³/mol. The number of nitrogens with one attached hydrogen (secondary N) is 1. The van der Waals surface area contributed by atoms with E-state index < -0.39 is 0 Å². The van der Waals surface area contributed by atoms with E-state index in [0.29, 0.717) is 17.2 Å². The normalized spacial score (nSPS) is 11.4. The minimum Gasteiger partial charge on any atom is -0.321 e. The molecule has 3 rings (SSSR count). The number of benzene rings is 1. The van der Waals surface area contributed by atoms with E-state index in [9.17, 15) is 4.79 Å². The molecule has 3 aromatic rings. The number of hydrogen-bond donors (Lipinski definition) is 1. The smallest absolute Gasteiger partial charge is 0.273 e. The summed E-state index contributed by atoms with van der Waals surface area (Å²) in [5.74, 6) is 0.521. The van der Waals surface area contributed by atoms with E-state index >= 15 is 0 Å². The number of anilines is 1. The van der Waals surface area contributed by atoms with Gasteiger partial charge in [0, 0.05) is 29.9 Å². The molecule has 0 aliphatic rings. The Morgan fingerprint density at radius 1 is 1.15 bits per heavy atom. The van der Waals surface area contributed by atoms with Crippen molar-refractivity contribution in [2.75, 3.05) is 5.32 Å². The van der Waals surface area contributed by atoms with Crippen molar-refractivity contribution in [2.24, 2.45) is 7.05 Å². The summed E-state index contributed by atoms with van der Waals surface area (Å²) in [4.78, 5) is 21.2. The molecule has 0 saturated heterocycles. The molecule has 1 aromatic carbocycles. The molecule has 26 heavy (non-hydrogen) atoms. The van der Waals surface area contributed by atoms with Crippen LogP contribution in [0.4, 0.5) is 5.69 Å². The molecule has 1 amide bonds. The van der Waals surface area contributed by atoms with E-state index in [4.69, 9.17) is 0 Å². The Balaban J connectivity index is 1.85. The third kappa shape index (κ3) is 3.79. The highest BCUT2D eigenvalue weighted by atomic mass is 16.2. The molecule has 0 spiro atoms. The molecule has 0 bridgehead atoms. The lowest BCUT2D eigenvalue weighted by Crippen LogP contribution is -2.16. The third-order valence-corrected chi connectivity index (χ3v) is 4.07. The molecule has 1 N–H and O–H groups in total. The van der Waals surface area contributed by atoms with E-state index in [2.05, 4.69) is 41.2 Å². The topological polar surface area (TPSA) is 72.7 Å². The Kier molecular flexibility index (Phi) is 4.59. The summed E-state index contributed by atoms with van der Waals surface area (Å²) >= 11 is 0. The first-order valence-electron chi connectivity index (χ1n) is 8.50. The largest absolute Gasteiger partial charge is 0.321 e. The summed E-state index contributed by atoms with van der Waals surface area (Å²) in [5.41, 5.74) is 3.76. The Morgan fingerprint density at radius 3 is 2.58 bits per heavy atom. The zero-order valence-corrected chi connectivity index (χ0v) is 15.7.